The van der Waals surface area contributed by atoms with E-state index >= 15 is 0 Å². The average Bonchev–Trinajstić information content (AvgIpc) is 2.52. The minimum Gasteiger partial charge on any atom is -0.444 e. The largest absolute Gasteiger partial charge is 0.444 e. The molecule has 25 heavy (non-hydrogen) atoms. The van der Waals surface area contributed by atoms with E-state index in [4.69, 9.17) is 10.5 Å². The molecule has 2 rings (SSSR count). The Kier molecular flexibility index (Phi) is 8.24. The van der Waals surface area contributed by atoms with Crippen molar-refractivity contribution in [2.75, 3.05) is 32.7 Å². The molecule has 3 N–H and O–H groups in total. The van der Waals surface area contributed by atoms with Gasteiger partial charge in [-0.05, 0) is 33.6 Å². The number of piperazine rings is 1. The smallest absolute Gasteiger partial charge is 0.410 e. The van der Waals surface area contributed by atoms with Crippen molar-refractivity contribution in [3.63, 3.8) is 0 Å². The van der Waals surface area contributed by atoms with Gasteiger partial charge in [-0.2, -0.15) is 0 Å². The van der Waals surface area contributed by atoms with Crippen molar-refractivity contribution in [1.29, 1.82) is 0 Å². The lowest BCUT2D eigenvalue weighted by molar-refractivity contribution is 0.0127. The molecular formula is C17H33IN4O3. The summed E-state index contributed by atoms with van der Waals surface area (Å²) in [5.41, 5.74) is 4.90. The van der Waals surface area contributed by atoms with Crippen molar-refractivity contribution in [2.24, 2.45) is 10.7 Å². The summed E-state index contributed by atoms with van der Waals surface area (Å²) in [4.78, 5) is 20.1. The number of carbonyl (C=O) groups excluding carboxylic acids is 1. The fourth-order valence-corrected chi connectivity index (χ4v) is 3.14. The molecule has 0 radical (unpaired) electrons. The molecule has 0 unspecified atom stereocenters. The summed E-state index contributed by atoms with van der Waals surface area (Å²) in [5, 5.41) is 10.5. The van der Waals surface area contributed by atoms with Crippen LogP contribution in [0.4, 0.5) is 4.79 Å². The van der Waals surface area contributed by atoms with Gasteiger partial charge in [0.15, 0.2) is 5.96 Å². The Bertz CT molecular complexity index is 465. The molecule has 1 saturated carbocycles. The third-order valence-electron chi connectivity index (χ3n) is 4.57. The number of hydrogen-bond donors (Lipinski definition) is 2. The van der Waals surface area contributed by atoms with Crippen LogP contribution in [0.1, 0.15) is 52.9 Å². The number of amides is 1. The first-order chi connectivity index (χ1) is 11.2. The number of nitrogens with zero attached hydrogens (tertiary/aromatic N) is 3. The predicted octanol–water partition coefficient (Wildman–Crippen LogP) is 2.17. The second-order valence-electron chi connectivity index (χ2n) is 7.91. The van der Waals surface area contributed by atoms with Gasteiger partial charge in [0.05, 0.1) is 12.1 Å². The standard InChI is InChI=1S/C17H32N4O3.HI/c1-16(2,3)24-15(22)21-11-9-20(10-12-21)14(18)19-13-17(23)7-5-4-6-8-17;/h23H,4-13H2,1-3H3,(H2,18,19);1H. The monoisotopic (exact) mass is 468 g/mol. The third-order valence-corrected chi connectivity index (χ3v) is 4.57. The van der Waals surface area contributed by atoms with Gasteiger partial charge >= 0.3 is 6.09 Å². The van der Waals surface area contributed by atoms with Crippen LogP contribution in [-0.4, -0.2) is 70.9 Å². The van der Waals surface area contributed by atoms with Crippen molar-refractivity contribution >= 4 is 36.0 Å². The molecule has 2 aliphatic rings. The predicted molar refractivity (Wildman–Crippen MR) is 109 cm³/mol. The molecule has 0 aromatic heterocycles. The van der Waals surface area contributed by atoms with E-state index in [-0.39, 0.29) is 30.1 Å². The van der Waals surface area contributed by atoms with Gasteiger partial charge < -0.3 is 25.4 Å². The molecule has 0 spiro atoms. The normalized spacial score (nSPS) is 21.5. The van der Waals surface area contributed by atoms with Gasteiger partial charge in [-0.1, -0.05) is 19.3 Å². The number of aliphatic hydroxyl groups is 1. The first kappa shape index (κ1) is 22.3. The van der Waals surface area contributed by atoms with E-state index in [1.54, 1.807) is 4.90 Å². The van der Waals surface area contributed by atoms with Gasteiger partial charge in [-0.15, -0.1) is 24.0 Å². The van der Waals surface area contributed by atoms with Gasteiger partial charge in [0.2, 0.25) is 0 Å². The number of guanidine groups is 1. The molecule has 0 aromatic carbocycles. The van der Waals surface area contributed by atoms with Crippen molar-refractivity contribution in [1.82, 2.24) is 9.80 Å². The van der Waals surface area contributed by atoms with Crippen molar-refractivity contribution in [3.05, 3.63) is 0 Å². The summed E-state index contributed by atoms with van der Waals surface area (Å²) < 4.78 is 5.39. The highest BCUT2D eigenvalue weighted by Crippen LogP contribution is 2.28. The second-order valence-corrected chi connectivity index (χ2v) is 7.91. The van der Waals surface area contributed by atoms with Crippen LogP contribution < -0.4 is 5.73 Å². The Balaban J connectivity index is 0.00000312. The Labute approximate surface area is 168 Å². The maximum atomic E-state index is 12.1. The Hall–Kier alpha value is -0.770. The fraction of sp³-hybridized carbons (Fsp3) is 0.882. The summed E-state index contributed by atoms with van der Waals surface area (Å²) in [6, 6.07) is 0. The van der Waals surface area contributed by atoms with Crippen LogP contribution in [0, 0.1) is 0 Å². The first-order valence-corrected chi connectivity index (χ1v) is 8.94. The first-order valence-electron chi connectivity index (χ1n) is 8.94. The van der Waals surface area contributed by atoms with E-state index in [1.807, 2.05) is 25.7 Å². The quantitative estimate of drug-likeness (QED) is 0.368. The van der Waals surface area contributed by atoms with E-state index in [2.05, 4.69) is 4.99 Å². The molecule has 8 heteroatoms. The Morgan fingerprint density at radius 2 is 1.64 bits per heavy atom. The molecule has 0 bridgehead atoms. The SMILES string of the molecule is CC(C)(C)OC(=O)N1CCN(C(N)=NCC2(O)CCCCC2)CC1.I. The number of halogens is 1. The van der Waals surface area contributed by atoms with Gasteiger partial charge in [0, 0.05) is 26.2 Å². The molecule has 1 heterocycles. The zero-order chi connectivity index (χ0) is 17.8. The number of ether oxygens (including phenoxy) is 1. The average molecular weight is 468 g/mol. The second kappa shape index (κ2) is 9.25. The molecule has 1 aliphatic heterocycles. The lowest BCUT2D eigenvalue weighted by atomic mass is 9.85. The minimum atomic E-state index is -0.693. The zero-order valence-corrected chi connectivity index (χ0v) is 18.0. The Morgan fingerprint density at radius 3 is 2.16 bits per heavy atom. The van der Waals surface area contributed by atoms with Crippen LogP contribution in [0.2, 0.25) is 0 Å². The number of nitrogens with two attached hydrogens (primary N) is 1. The highest BCUT2D eigenvalue weighted by Gasteiger charge is 2.30. The maximum absolute atomic E-state index is 12.1. The van der Waals surface area contributed by atoms with E-state index in [0.717, 1.165) is 25.7 Å². The molecular weight excluding hydrogens is 435 g/mol. The van der Waals surface area contributed by atoms with Gasteiger partial charge in [-0.3, -0.25) is 4.99 Å². The highest BCUT2D eigenvalue weighted by atomic mass is 127. The summed E-state index contributed by atoms with van der Waals surface area (Å²) in [5.74, 6) is 0.456. The minimum absolute atomic E-state index is 0. The lowest BCUT2D eigenvalue weighted by Crippen LogP contribution is -2.53. The van der Waals surface area contributed by atoms with Crippen LogP contribution in [0.5, 0.6) is 0 Å². The topological polar surface area (TPSA) is 91.4 Å². The summed E-state index contributed by atoms with van der Waals surface area (Å²) in [6.07, 6.45) is 4.62. The lowest BCUT2D eigenvalue weighted by Gasteiger charge is -2.36. The van der Waals surface area contributed by atoms with E-state index < -0.39 is 11.2 Å². The van der Waals surface area contributed by atoms with E-state index in [9.17, 15) is 9.90 Å². The number of rotatable bonds is 2. The van der Waals surface area contributed by atoms with Crippen LogP contribution >= 0.6 is 24.0 Å². The molecule has 1 saturated heterocycles. The van der Waals surface area contributed by atoms with E-state index in [1.165, 1.54) is 6.42 Å². The third kappa shape index (κ3) is 7.16. The van der Waals surface area contributed by atoms with Gasteiger partial charge in [0.1, 0.15) is 5.60 Å². The molecule has 0 atom stereocenters. The van der Waals surface area contributed by atoms with Crippen LogP contribution in [-0.2, 0) is 4.74 Å². The molecule has 2 fully saturated rings. The molecule has 1 amide bonds. The van der Waals surface area contributed by atoms with Crippen LogP contribution in [0.15, 0.2) is 4.99 Å². The summed E-state index contributed by atoms with van der Waals surface area (Å²) in [7, 11) is 0. The molecule has 7 nitrogen and oxygen atoms in total. The number of hydrogen-bond acceptors (Lipinski definition) is 4. The maximum Gasteiger partial charge on any atom is 0.410 e. The summed E-state index contributed by atoms with van der Waals surface area (Å²) >= 11 is 0. The molecule has 1 aliphatic carbocycles. The zero-order valence-electron chi connectivity index (χ0n) is 15.7. The van der Waals surface area contributed by atoms with Crippen molar-refractivity contribution < 1.29 is 14.6 Å². The fourth-order valence-electron chi connectivity index (χ4n) is 3.14. The van der Waals surface area contributed by atoms with E-state index in [0.29, 0.717) is 38.7 Å². The molecule has 0 aromatic rings. The van der Waals surface area contributed by atoms with Crippen molar-refractivity contribution in [3.8, 4) is 0 Å². The van der Waals surface area contributed by atoms with Gasteiger partial charge in [0.25, 0.3) is 0 Å². The highest BCUT2D eigenvalue weighted by molar-refractivity contribution is 14.0. The molecule has 146 valence electrons. The van der Waals surface area contributed by atoms with Gasteiger partial charge in [-0.25, -0.2) is 4.79 Å². The van der Waals surface area contributed by atoms with Crippen LogP contribution in [0.3, 0.4) is 0 Å². The number of aliphatic imine (C=N–C) groups is 1. The number of carbonyl (C=O) groups is 1. The Morgan fingerprint density at radius 1 is 1.12 bits per heavy atom. The summed E-state index contributed by atoms with van der Waals surface area (Å²) in [6.45, 7) is 8.35. The van der Waals surface area contributed by atoms with Crippen LogP contribution in [0.25, 0.3) is 0 Å². The van der Waals surface area contributed by atoms with Crippen molar-refractivity contribution in [2.45, 2.75) is 64.1 Å².